The van der Waals surface area contributed by atoms with Crippen LogP contribution in [0.4, 0.5) is 0 Å². The molecule has 0 bridgehead atoms. The fourth-order valence-corrected chi connectivity index (χ4v) is 2.96. The van der Waals surface area contributed by atoms with E-state index >= 15 is 0 Å². The number of rotatable bonds is 5. The SMILES string of the molecule is C=CCC(N)C(=O)N1CCN(Cc2csc(C)n2)CC1. The fourth-order valence-electron chi connectivity index (χ4n) is 2.35. The molecule has 1 aromatic rings. The van der Waals surface area contributed by atoms with E-state index in [0.717, 1.165) is 43.4 Å². The van der Waals surface area contributed by atoms with Gasteiger partial charge in [0.15, 0.2) is 0 Å². The lowest BCUT2D eigenvalue weighted by atomic mass is 10.1. The van der Waals surface area contributed by atoms with E-state index in [0.29, 0.717) is 6.42 Å². The molecule has 1 unspecified atom stereocenters. The quantitative estimate of drug-likeness (QED) is 0.823. The zero-order valence-electron chi connectivity index (χ0n) is 11.9. The summed E-state index contributed by atoms with van der Waals surface area (Å²) in [5.74, 6) is 0.0362. The largest absolute Gasteiger partial charge is 0.339 e. The number of amides is 1. The predicted molar refractivity (Wildman–Crippen MR) is 81.5 cm³/mol. The number of piperazine rings is 1. The fraction of sp³-hybridized carbons (Fsp3) is 0.571. The van der Waals surface area contributed by atoms with E-state index in [1.807, 2.05) is 11.8 Å². The summed E-state index contributed by atoms with van der Waals surface area (Å²) < 4.78 is 0. The van der Waals surface area contributed by atoms with Gasteiger partial charge in [-0.15, -0.1) is 17.9 Å². The van der Waals surface area contributed by atoms with Crippen LogP contribution in [0, 0.1) is 6.92 Å². The smallest absolute Gasteiger partial charge is 0.239 e. The van der Waals surface area contributed by atoms with Crippen molar-refractivity contribution in [3.05, 3.63) is 28.7 Å². The average molecular weight is 294 g/mol. The van der Waals surface area contributed by atoms with Crippen LogP contribution in [-0.4, -0.2) is 52.9 Å². The van der Waals surface area contributed by atoms with Crippen LogP contribution in [0.2, 0.25) is 0 Å². The first-order valence-corrected chi connectivity index (χ1v) is 7.76. The molecule has 1 saturated heterocycles. The Hall–Kier alpha value is -1.24. The van der Waals surface area contributed by atoms with Crippen LogP contribution < -0.4 is 5.73 Å². The van der Waals surface area contributed by atoms with E-state index in [2.05, 4.69) is 21.8 Å². The summed E-state index contributed by atoms with van der Waals surface area (Å²) in [4.78, 5) is 20.7. The molecular formula is C14H22N4OS. The Bertz CT molecular complexity index is 465. The van der Waals surface area contributed by atoms with Crippen LogP contribution in [0.3, 0.4) is 0 Å². The third kappa shape index (κ3) is 3.88. The van der Waals surface area contributed by atoms with Gasteiger partial charge in [0.2, 0.25) is 5.91 Å². The van der Waals surface area contributed by atoms with Crippen molar-refractivity contribution in [3.8, 4) is 0 Å². The van der Waals surface area contributed by atoms with Crippen molar-refractivity contribution >= 4 is 17.2 Å². The number of nitrogens with two attached hydrogens (primary N) is 1. The van der Waals surface area contributed by atoms with Gasteiger partial charge in [0.25, 0.3) is 0 Å². The monoisotopic (exact) mass is 294 g/mol. The third-order valence-electron chi connectivity index (χ3n) is 3.47. The maximum absolute atomic E-state index is 12.1. The number of nitrogens with zero attached hydrogens (tertiary/aromatic N) is 3. The Labute approximate surface area is 124 Å². The predicted octanol–water partition coefficient (Wildman–Crippen LogP) is 0.999. The van der Waals surface area contributed by atoms with Crippen molar-refractivity contribution in [1.82, 2.24) is 14.8 Å². The Morgan fingerprint density at radius 3 is 2.80 bits per heavy atom. The number of carbonyl (C=O) groups is 1. The summed E-state index contributed by atoms with van der Waals surface area (Å²) in [5, 5.41) is 3.21. The zero-order valence-corrected chi connectivity index (χ0v) is 12.7. The van der Waals surface area contributed by atoms with E-state index in [1.54, 1.807) is 17.4 Å². The summed E-state index contributed by atoms with van der Waals surface area (Å²) in [6.07, 6.45) is 2.24. The minimum Gasteiger partial charge on any atom is -0.339 e. The molecule has 1 fully saturated rings. The molecule has 110 valence electrons. The second-order valence-electron chi connectivity index (χ2n) is 5.09. The van der Waals surface area contributed by atoms with Gasteiger partial charge in [-0.3, -0.25) is 9.69 Å². The molecular weight excluding hydrogens is 272 g/mol. The van der Waals surface area contributed by atoms with Gasteiger partial charge < -0.3 is 10.6 Å². The standard InChI is InChI=1S/C14H22N4OS/c1-3-4-13(15)14(19)18-7-5-17(6-8-18)9-12-10-20-11(2)16-12/h3,10,13H,1,4-9,15H2,2H3. The number of carbonyl (C=O) groups excluding carboxylic acids is 1. The van der Waals surface area contributed by atoms with Gasteiger partial charge in [0, 0.05) is 38.1 Å². The second-order valence-corrected chi connectivity index (χ2v) is 6.15. The summed E-state index contributed by atoms with van der Waals surface area (Å²) in [5.41, 5.74) is 6.96. The van der Waals surface area contributed by atoms with E-state index in [-0.39, 0.29) is 5.91 Å². The van der Waals surface area contributed by atoms with Gasteiger partial charge >= 0.3 is 0 Å². The minimum absolute atomic E-state index is 0.0362. The maximum atomic E-state index is 12.1. The number of aryl methyl sites for hydroxylation is 1. The third-order valence-corrected chi connectivity index (χ3v) is 4.30. The highest BCUT2D eigenvalue weighted by molar-refractivity contribution is 7.09. The minimum atomic E-state index is -0.444. The summed E-state index contributed by atoms with van der Waals surface area (Å²) in [6, 6.07) is -0.444. The van der Waals surface area contributed by atoms with Crippen LogP contribution in [0.5, 0.6) is 0 Å². The molecule has 1 aromatic heterocycles. The maximum Gasteiger partial charge on any atom is 0.239 e. The molecule has 0 spiro atoms. The molecule has 0 aliphatic carbocycles. The molecule has 1 amide bonds. The molecule has 5 nitrogen and oxygen atoms in total. The summed E-state index contributed by atoms with van der Waals surface area (Å²) in [7, 11) is 0. The number of hydrogen-bond donors (Lipinski definition) is 1. The Balaban J connectivity index is 1.80. The van der Waals surface area contributed by atoms with Crippen LogP contribution in [0.1, 0.15) is 17.1 Å². The molecule has 2 heterocycles. The first-order valence-electron chi connectivity index (χ1n) is 6.88. The van der Waals surface area contributed by atoms with E-state index in [4.69, 9.17) is 5.73 Å². The van der Waals surface area contributed by atoms with Crippen molar-refractivity contribution in [2.24, 2.45) is 5.73 Å². The van der Waals surface area contributed by atoms with Crippen molar-refractivity contribution in [2.45, 2.75) is 25.9 Å². The first-order chi connectivity index (χ1) is 9.60. The van der Waals surface area contributed by atoms with Gasteiger partial charge in [0.05, 0.1) is 16.7 Å². The lowest BCUT2D eigenvalue weighted by Crippen LogP contribution is -2.52. The number of aromatic nitrogens is 1. The molecule has 1 atom stereocenters. The van der Waals surface area contributed by atoms with E-state index < -0.39 is 6.04 Å². The lowest BCUT2D eigenvalue weighted by molar-refractivity contribution is -0.134. The Morgan fingerprint density at radius 1 is 1.55 bits per heavy atom. The van der Waals surface area contributed by atoms with Crippen molar-refractivity contribution in [3.63, 3.8) is 0 Å². The molecule has 6 heteroatoms. The topological polar surface area (TPSA) is 62.5 Å². The highest BCUT2D eigenvalue weighted by atomic mass is 32.1. The van der Waals surface area contributed by atoms with Gasteiger partial charge in [-0.1, -0.05) is 6.08 Å². The van der Waals surface area contributed by atoms with Gasteiger partial charge in [-0.25, -0.2) is 4.98 Å². The zero-order chi connectivity index (χ0) is 14.5. The van der Waals surface area contributed by atoms with Crippen LogP contribution in [0.25, 0.3) is 0 Å². The Morgan fingerprint density at radius 2 is 2.25 bits per heavy atom. The van der Waals surface area contributed by atoms with Gasteiger partial charge in [-0.2, -0.15) is 0 Å². The van der Waals surface area contributed by atoms with Crippen molar-refractivity contribution in [2.75, 3.05) is 26.2 Å². The highest BCUT2D eigenvalue weighted by Crippen LogP contribution is 2.12. The number of hydrogen-bond acceptors (Lipinski definition) is 5. The summed E-state index contributed by atoms with van der Waals surface area (Å²) >= 11 is 1.68. The molecule has 2 rings (SSSR count). The second kappa shape index (κ2) is 6.97. The molecule has 0 aromatic carbocycles. The Kier molecular flexibility index (Phi) is 5.28. The average Bonchev–Trinajstić information content (AvgIpc) is 2.84. The molecule has 0 saturated carbocycles. The van der Waals surface area contributed by atoms with Crippen molar-refractivity contribution < 1.29 is 4.79 Å². The number of thiazole rings is 1. The van der Waals surface area contributed by atoms with Crippen LogP contribution in [0.15, 0.2) is 18.0 Å². The lowest BCUT2D eigenvalue weighted by Gasteiger charge is -2.35. The molecule has 0 radical (unpaired) electrons. The van der Waals surface area contributed by atoms with Crippen LogP contribution in [-0.2, 0) is 11.3 Å². The van der Waals surface area contributed by atoms with E-state index in [1.165, 1.54) is 0 Å². The molecule has 20 heavy (non-hydrogen) atoms. The first kappa shape index (κ1) is 15.2. The van der Waals surface area contributed by atoms with Crippen molar-refractivity contribution in [1.29, 1.82) is 0 Å². The van der Waals surface area contributed by atoms with Gasteiger partial charge in [0.1, 0.15) is 0 Å². The molecule has 1 aliphatic heterocycles. The molecule has 1 aliphatic rings. The normalized spacial score (nSPS) is 18.0. The summed E-state index contributed by atoms with van der Waals surface area (Å²) in [6.45, 7) is 9.75. The van der Waals surface area contributed by atoms with Crippen LogP contribution >= 0.6 is 11.3 Å². The molecule has 2 N–H and O–H groups in total. The van der Waals surface area contributed by atoms with E-state index in [9.17, 15) is 4.79 Å². The highest BCUT2D eigenvalue weighted by Gasteiger charge is 2.24. The van der Waals surface area contributed by atoms with Gasteiger partial charge in [-0.05, 0) is 13.3 Å².